The highest BCUT2D eigenvalue weighted by molar-refractivity contribution is 7.15. The fourth-order valence-electron chi connectivity index (χ4n) is 3.51. The molecule has 1 atom stereocenters. The zero-order chi connectivity index (χ0) is 14.8. The Kier molecular flexibility index (Phi) is 4.48. The molecule has 1 aromatic heterocycles. The Morgan fingerprint density at radius 3 is 2.86 bits per heavy atom. The average molecular weight is 308 g/mol. The van der Waals surface area contributed by atoms with E-state index >= 15 is 0 Å². The lowest BCUT2D eigenvalue weighted by molar-refractivity contribution is -0.145. The zero-order valence-corrected chi connectivity index (χ0v) is 13.7. The van der Waals surface area contributed by atoms with Crippen molar-refractivity contribution in [1.82, 2.24) is 4.98 Å². The smallest absolute Gasteiger partial charge is 0.315 e. The zero-order valence-electron chi connectivity index (χ0n) is 12.9. The number of hydrogen-bond donors (Lipinski definition) is 0. The minimum Gasteiger partial charge on any atom is -0.465 e. The van der Waals surface area contributed by atoms with E-state index in [9.17, 15) is 4.79 Å². The number of anilines is 1. The molecule has 0 radical (unpaired) electrons. The Bertz CT molecular complexity index is 508. The van der Waals surface area contributed by atoms with Crippen LogP contribution in [0, 0.1) is 5.92 Å². The number of carbonyl (C=O) groups excluding carboxylic acids is 1. The Morgan fingerprint density at radius 2 is 2.14 bits per heavy atom. The number of rotatable bonds is 5. The fraction of sp³-hybridized carbons (Fsp3) is 0.750. The van der Waals surface area contributed by atoms with E-state index < -0.39 is 0 Å². The molecule has 2 aliphatic rings. The van der Waals surface area contributed by atoms with Gasteiger partial charge in [0.25, 0.3) is 0 Å². The molecule has 2 aliphatic carbocycles. The molecule has 3 rings (SSSR count). The van der Waals surface area contributed by atoms with E-state index in [1.807, 2.05) is 6.92 Å². The van der Waals surface area contributed by atoms with Crippen LogP contribution in [0.4, 0.5) is 5.13 Å². The summed E-state index contributed by atoms with van der Waals surface area (Å²) in [4.78, 5) is 20.3. The number of aromatic nitrogens is 1. The monoisotopic (exact) mass is 308 g/mol. The van der Waals surface area contributed by atoms with Gasteiger partial charge >= 0.3 is 5.97 Å². The predicted molar refractivity (Wildman–Crippen MR) is 85.0 cm³/mol. The van der Waals surface area contributed by atoms with E-state index in [0.29, 0.717) is 6.61 Å². The van der Waals surface area contributed by atoms with E-state index in [0.717, 1.165) is 36.1 Å². The summed E-state index contributed by atoms with van der Waals surface area (Å²) in [6.45, 7) is 3.40. The normalized spacial score (nSPS) is 21.5. The molecule has 1 unspecified atom stereocenters. The van der Waals surface area contributed by atoms with Gasteiger partial charge in [-0.05, 0) is 38.5 Å². The Balaban J connectivity index is 1.69. The van der Waals surface area contributed by atoms with Crippen molar-refractivity contribution in [2.75, 3.05) is 25.1 Å². The van der Waals surface area contributed by atoms with Gasteiger partial charge in [0, 0.05) is 18.5 Å². The molecule has 1 heterocycles. The van der Waals surface area contributed by atoms with Crippen molar-refractivity contribution < 1.29 is 9.53 Å². The van der Waals surface area contributed by atoms with Gasteiger partial charge < -0.3 is 9.64 Å². The van der Waals surface area contributed by atoms with Crippen LogP contribution in [0.1, 0.15) is 55.5 Å². The van der Waals surface area contributed by atoms with Crippen molar-refractivity contribution in [3.63, 3.8) is 0 Å². The van der Waals surface area contributed by atoms with Gasteiger partial charge in [-0.1, -0.05) is 12.8 Å². The summed E-state index contributed by atoms with van der Waals surface area (Å²) in [6, 6.07) is 0. The molecule has 0 aliphatic heterocycles. The first kappa shape index (κ1) is 14.8. The van der Waals surface area contributed by atoms with Crippen LogP contribution in [-0.2, 0) is 16.0 Å². The van der Waals surface area contributed by atoms with Gasteiger partial charge in [0.05, 0.1) is 12.3 Å². The SMILES string of the molecule is CCOC(=O)C1CCc2sc(N(C)CC3CCCC3)nc21. The predicted octanol–water partition coefficient (Wildman–Crippen LogP) is 3.36. The number of esters is 1. The maximum atomic E-state index is 12.0. The molecule has 21 heavy (non-hydrogen) atoms. The highest BCUT2D eigenvalue weighted by atomic mass is 32.1. The first-order valence-electron chi connectivity index (χ1n) is 8.06. The summed E-state index contributed by atoms with van der Waals surface area (Å²) in [5, 5.41) is 1.07. The third-order valence-electron chi connectivity index (χ3n) is 4.61. The number of hydrogen-bond acceptors (Lipinski definition) is 5. The fourth-order valence-corrected chi connectivity index (χ4v) is 4.62. The van der Waals surface area contributed by atoms with Crippen LogP contribution in [0.25, 0.3) is 0 Å². The Morgan fingerprint density at radius 1 is 1.38 bits per heavy atom. The number of fused-ring (bicyclic) bond motifs is 1. The van der Waals surface area contributed by atoms with Crippen molar-refractivity contribution in [3.05, 3.63) is 10.6 Å². The summed E-state index contributed by atoms with van der Waals surface area (Å²) in [7, 11) is 2.13. The second-order valence-electron chi connectivity index (χ2n) is 6.18. The van der Waals surface area contributed by atoms with E-state index in [2.05, 4.69) is 11.9 Å². The standard InChI is InChI=1S/C16H24N2O2S/c1-3-20-15(19)12-8-9-13-14(12)17-16(21-13)18(2)10-11-6-4-5-7-11/h11-12H,3-10H2,1-2H3. The molecular formula is C16H24N2O2S. The van der Waals surface area contributed by atoms with Gasteiger partial charge in [-0.15, -0.1) is 11.3 Å². The summed E-state index contributed by atoms with van der Waals surface area (Å²) >= 11 is 1.76. The van der Waals surface area contributed by atoms with E-state index in [-0.39, 0.29) is 11.9 Å². The number of carbonyl (C=O) groups is 1. The number of aryl methyl sites for hydroxylation is 1. The van der Waals surface area contributed by atoms with Crippen molar-refractivity contribution in [1.29, 1.82) is 0 Å². The first-order chi connectivity index (χ1) is 10.2. The van der Waals surface area contributed by atoms with Crippen molar-refractivity contribution >= 4 is 22.4 Å². The van der Waals surface area contributed by atoms with Crippen LogP contribution >= 0.6 is 11.3 Å². The second kappa shape index (κ2) is 6.34. The van der Waals surface area contributed by atoms with E-state index in [1.54, 1.807) is 11.3 Å². The second-order valence-corrected chi connectivity index (χ2v) is 7.24. The van der Waals surface area contributed by atoms with Crippen molar-refractivity contribution in [2.45, 2.75) is 51.4 Å². The van der Waals surface area contributed by atoms with Crippen LogP contribution < -0.4 is 4.90 Å². The van der Waals surface area contributed by atoms with Gasteiger partial charge in [0.15, 0.2) is 5.13 Å². The molecule has 4 nitrogen and oxygen atoms in total. The highest BCUT2D eigenvalue weighted by Crippen LogP contribution is 2.40. The molecule has 0 saturated heterocycles. The lowest BCUT2D eigenvalue weighted by atomic mass is 10.1. The maximum Gasteiger partial charge on any atom is 0.315 e. The average Bonchev–Trinajstić information content (AvgIpc) is 3.14. The molecule has 116 valence electrons. The molecule has 0 amide bonds. The Hall–Kier alpha value is -1.10. The molecule has 0 spiro atoms. The highest BCUT2D eigenvalue weighted by Gasteiger charge is 2.34. The van der Waals surface area contributed by atoms with E-state index in [1.165, 1.54) is 30.6 Å². The van der Waals surface area contributed by atoms with Gasteiger partial charge in [-0.25, -0.2) is 4.98 Å². The summed E-state index contributed by atoms with van der Waals surface area (Å²) in [5.74, 6) is 0.575. The largest absolute Gasteiger partial charge is 0.465 e. The third-order valence-corrected chi connectivity index (χ3v) is 5.86. The lowest BCUT2D eigenvalue weighted by Gasteiger charge is -2.20. The molecule has 0 N–H and O–H groups in total. The molecule has 0 aromatic carbocycles. The molecule has 1 aromatic rings. The molecule has 1 saturated carbocycles. The third kappa shape index (κ3) is 3.07. The van der Waals surface area contributed by atoms with Crippen LogP contribution in [0.3, 0.4) is 0 Å². The molecular weight excluding hydrogens is 284 g/mol. The van der Waals surface area contributed by atoms with Crippen molar-refractivity contribution in [3.8, 4) is 0 Å². The lowest BCUT2D eigenvalue weighted by Crippen LogP contribution is -2.24. The summed E-state index contributed by atoms with van der Waals surface area (Å²) in [6.07, 6.45) is 7.27. The topological polar surface area (TPSA) is 42.4 Å². The van der Waals surface area contributed by atoms with Crippen LogP contribution in [-0.4, -0.2) is 31.2 Å². The van der Waals surface area contributed by atoms with Gasteiger partial charge in [-0.2, -0.15) is 0 Å². The molecule has 0 bridgehead atoms. The molecule has 5 heteroatoms. The number of ether oxygens (including phenoxy) is 1. The Labute approximate surface area is 130 Å². The van der Waals surface area contributed by atoms with Gasteiger partial charge in [-0.3, -0.25) is 4.79 Å². The maximum absolute atomic E-state index is 12.0. The quantitative estimate of drug-likeness (QED) is 0.782. The van der Waals surface area contributed by atoms with Gasteiger partial charge in [0.2, 0.25) is 0 Å². The van der Waals surface area contributed by atoms with Crippen molar-refractivity contribution in [2.24, 2.45) is 5.92 Å². The number of nitrogens with zero attached hydrogens (tertiary/aromatic N) is 2. The van der Waals surface area contributed by atoms with Crippen LogP contribution in [0.2, 0.25) is 0 Å². The van der Waals surface area contributed by atoms with Gasteiger partial charge in [0.1, 0.15) is 5.92 Å². The van der Waals surface area contributed by atoms with Crippen LogP contribution in [0.5, 0.6) is 0 Å². The first-order valence-corrected chi connectivity index (χ1v) is 8.88. The summed E-state index contributed by atoms with van der Waals surface area (Å²) in [5.41, 5.74) is 0.978. The minimum atomic E-state index is -0.134. The number of thiazole rings is 1. The molecule has 1 fully saturated rings. The van der Waals surface area contributed by atoms with E-state index in [4.69, 9.17) is 9.72 Å². The van der Waals surface area contributed by atoms with Crippen LogP contribution in [0.15, 0.2) is 0 Å². The minimum absolute atomic E-state index is 0.105. The summed E-state index contributed by atoms with van der Waals surface area (Å²) < 4.78 is 5.17.